The van der Waals surface area contributed by atoms with Crippen LogP contribution in [0.25, 0.3) is 0 Å². The van der Waals surface area contributed by atoms with Gasteiger partial charge < -0.3 is 10.5 Å². The van der Waals surface area contributed by atoms with E-state index in [1.54, 1.807) is 0 Å². The third-order valence-electron chi connectivity index (χ3n) is 3.92. The smallest absolute Gasteiger partial charge is 0.0729 e. The van der Waals surface area contributed by atoms with E-state index in [4.69, 9.17) is 10.5 Å². The quantitative estimate of drug-likeness (QED) is 0.713. The van der Waals surface area contributed by atoms with Crippen LogP contribution >= 0.6 is 0 Å². The maximum Gasteiger partial charge on any atom is 0.0729 e. The van der Waals surface area contributed by atoms with Crippen molar-refractivity contribution in [1.82, 2.24) is 0 Å². The van der Waals surface area contributed by atoms with E-state index in [-0.39, 0.29) is 0 Å². The van der Waals surface area contributed by atoms with E-state index in [0.717, 1.165) is 6.42 Å². The Labute approximate surface area is 93.6 Å². The van der Waals surface area contributed by atoms with E-state index in [0.29, 0.717) is 18.2 Å². The van der Waals surface area contributed by atoms with E-state index in [1.165, 1.54) is 57.8 Å². The van der Waals surface area contributed by atoms with Crippen LogP contribution in [0.5, 0.6) is 0 Å². The summed E-state index contributed by atoms with van der Waals surface area (Å²) in [5, 5.41) is 0. The summed E-state index contributed by atoms with van der Waals surface area (Å²) in [5.41, 5.74) is 6.11. The average molecular weight is 211 g/mol. The predicted molar refractivity (Wildman–Crippen MR) is 62.8 cm³/mol. The molecule has 0 aliphatic heterocycles. The molecule has 0 radical (unpaired) electrons. The lowest BCUT2D eigenvalue weighted by molar-refractivity contribution is -0.0453. The Hall–Kier alpha value is -0.0800. The monoisotopic (exact) mass is 211 g/mol. The Morgan fingerprint density at radius 3 is 2.00 bits per heavy atom. The van der Waals surface area contributed by atoms with E-state index < -0.39 is 0 Å². The summed E-state index contributed by atoms with van der Waals surface area (Å²) in [6, 6.07) is 0.307. The first-order chi connectivity index (χ1) is 7.36. The first-order valence-corrected chi connectivity index (χ1v) is 6.77. The summed E-state index contributed by atoms with van der Waals surface area (Å²) < 4.78 is 6.20. The fourth-order valence-electron chi connectivity index (χ4n) is 2.92. The number of rotatable bonds is 2. The van der Waals surface area contributed by atoms with Crippen LogP contribution in [0.4, 0.5) is 0 Å². The first kappa shape index (κ1) is 11.4. The molecular weight excluding hydrogens is 186 g/mol. The zero-order chi connectivity index (χ0) is 10.5. The van der Waals surface area contributed by atoms with Crippen LogP contribution in [0.1, 0.15) is 64.2 Å². The first-order valence-electron chi connectivity index (χ1n) is 6.77. The Bertz CT molecular complexity index is 175. The number of hydrogen-bond acceptors (Lipinski definition) is 2. The molecule has 0 spiro atoms. The Morgan fingerprint density at radius 1 is 0.733 bits per heavy atom. The molecule has 2 atom stereocenters. The molecular formula is C13H25NO. The van der Waals surface area contributed by atoms with Crippen LogP contribution in [0.2, 0.25) is 0 Å². The van der Waals surface area contributed by atoms with Gasteiger partial charge in [0.15, 0.2) is 0 Å². The largest absolute Gasteiger partial charge is 0.373 e. The Morgan fingerprint density at radius 2 is 1.33 bits per heavy atom. The molecule has 0 heterocycles. The maximum absolute atomic E-state index is 6.20. The summed E-state index contributed by atoms with van der Waals surface area (Å²) in [4.78, 5) is 0. The number of hydrogen-bond donors (Lipinski definition) is 1. The van der Waals surface area contributed by atoms with E-state index >= 15 is 0 Å². The molecule has 2 rings (SSSR count). The van der Waals surface area contributed by atoms with E-state index in [1.807, 2.05) is 0 Å². The van der Waals surface area contributed by atoms with Crippen LogP contribution in [0.3, 0.4) is 0 Å². The second-order valence-electron chi connectivity index (χ2n) is 5.24. The van der Waals surface area contributed by atoms with Gasteiger partial charge in [-0.25, -0.2) is 0 Å². The Kier molecular flexibility index (Phi) is 4.45. The summed E-state index contributed by atoms with van der Waals surface area (Å²) in [6.45, 7) is 0. The molecule has 0 bridgehead atoms. The molecule has 2 nitrogen and oxygen atoms in total. The lowest BCUT2D eigenvalue weighted by atomic mass is 9.93. The van der Waals surface area contributed by atoms with Gasteiger partial charge in [-0.15, -0.1) is 0 Å². The van der Waals surface area contributed by atoms with Gasteiger partial charge in [0.25, 0.3) is 0 Å². The second kappa shape index (κ2) is 5.86. The van der Waals surface area contributed by atoms with Gasteiger partial charge in [0.05, 0.1) is 12.2 Å². The minimum absolute atomic E-state index is 0.307. The molecule has 0 aromatic heterocycles. The molecule has 2 saturated carbocycles. The van der Waals surface area contributed by atoms with Crippen molar-refractivity contribution in [3.63, 3.8) is 0 Å². The highest BCUT2D eigenvalue weighted by molar-refractivity contribution is 4.80. The van der Waals surface area contributed by atoms with Crippen molar-refractivity contribution >= 4 is 0 Å². The lowest BCUT2D eigenvalue weighted by Gasteiger charge is -2.32. The topological polar surface area (TPSA) is 35.2 Å². The predicted octanol–water partition coefficient (Wildman–Crippen LogP) is 3.00. The van der Waals surface area contributed by atoms with Gasteiger partial charge in [-0.3, -0.25) is 0 Å². The molecule has 2 aliphatic rings. The fraction of sp³-hybridized carbons (Fsp3) is 1.00. The van der Waals surface area contributed by atoms with Crippen molar-refractivity contribution in [2.75, 3.05) is 0 Å². The highest BCUT2D eigenvalue weighted by Gasteiger charge is 2.25. The summed E-state index contributed by atoms with van der Waals surface area (Å²) in [7, 11) is 0. The zero-order valence-electron chi connectivity index (χ0n) is 9.79. The van der Waals surface area contributed by atoms with E-state index in [2.05, 4.69) is 0 Å². The van der Waals surface area contributed by atoms with Crippen molar-refractivity contribution in [2.45, 2.75) is 82.5 Å². The van der Waals surface area contributed by atoms with E-state index in [9.17, 15) is 0 Å². The van der Waals surface area contributed by atoms with Crippen LogP contribution in [0.15, 0.2) is 0 Å². The van der Waals surface area contributed by atoms with Crippen LogP contribution < -0.4 is 5.73 Å². The highest BCUT2D eigenvalue weighted by Crippen LogP contribution is 2.26. The van der Waals surface area contributed by atoms with Crippen LogP contribution in [-0.2, 0) is 4.74 Å². The third kappa shape index (κ3) is 3.46. The van der Waals surface area contributed by atoms with Gasteiger partial charge in [0.1, 0.15) is 0 Å². The SMILES string of the molecule is NC1CCCCC1OC1CCCCCC1. The molecule has 2 aliphatic carbocycles. The van der Waals surface area contributed by atoms with Gasteiger partial charge in [-0.05, 0) is 25.7 Å². The summed E-state index contributed by atoms with van der Waals surface area (Å²) in [6.07, 6.45) is 13.9. The van der Waals surface area contributed by atoms with Gasteiger partial charge in [0, 0.05) is 6.04 Å². The Balaban J connectivity index is 1.78. The van der Waals surface area contributed by atoms with Crippen molar-refractivity contribution in [2.24, 2.45) is 5.73 Å². The molecule has 88 valence electrons. The van der Waals surface area contributed by atoms with Crippen molar-refractivity contribution in [3.8, 4) is 0 Å². The van der Waals surface area contributed by atoms with Crippen molar-refractivity contribution < 1.29 is 4.74 Å². The average Bonchev–Trinajstić information content (AvgIpc) is 2.50. The summed E-state index contributed by atoms with van der Waals surface area (Å²) >= 11 is 0. The molecule has 2 heteroatoms. The van der Waals surface area contributed by atoms with Gasteiger partial charge >= 0.3 is 0 Å². The van der Waals surface area contributed by atoms with Crippen molar-refractivity contribution in [1.29, 1.82) is 0 Å². The van der Waals surface area contributed by atoms with Gasteiger partial charge in [-0.1, -0.05) is 38.5 Å². The van der Waals surface area contributed by atoms with Crippen molar-refractivity contribution in [3.05, 3.63) is 0 Å². The molecule has 2 fully saturated rings. The third-order valence-corrected chi connectivity index (χ3v) is 3.92. The second-order valence-corrected chi connectivity index (χ2v) is 5.24. The number of nitrogens with two attached hydrogens (primary N) is 1. The molecule has 0 aromatic rings. The highest BCUT2D eigenvalue weighted by atomic mass is 16.5. The van der Waals surface area contributed by atoms with Gasteiger partial charge in [-0.2, -0.15) is 0 Å². The van der Waals surface area contributed by atoms with Gasteiger partial charge in [0.2, 0.25) is 0 Å². The number of ether oxygens (including phenoxy) is 1. The normalized spacial score (nSPS) is 35.0. The standard InChI is InChI=1S/C13H25NO/c14-12-9-5-6-10-13(12)15-11-7-3-1-2-4-8-11/h11-13H,1-10,14H2. The molecule has 0 saturated heterocycles. The lowest BCUT2D eigenvalue weighted by Crippen LogP contribution is -2.41. The fourth-order valence-corrected chi connectivity index (χ4v) is 2.92. The molecule has 0 amide bonds. The van der Waals surface area contributed by atoms with Crippen LogP contribution in [0, 0.1) is 0 Å². The minimum atomic E-state index is 0.307. The van der Waals surface area contributed by atoms with Crippen LogP contribution in [-0.4, -0.2) is 18.2 Å². The minimum Gasteiger partial charge on any atom is -0.373 e. The molecule has 0 aromatic carbocycles. The summed E-state index contributed by atoms with van der Waals surface area (Å²) in [5.74, 6) is 0. The zero-order valence-corrected chi connectivity index (χ0v) is 9.79. The molecule has 2 N–H and O–H groups in total. The molecule has 15 heavy (non-hydrogen) atoms. The maximum atomic E-state index is 6.20. The molecule has 2 unspecified atom stereocenters.